The molecule has 2 atom stereocenters. The van der Waals surface area contributed by atoms with E-state index in [2.05, 4.69) is 44.1 Å². The van der Waals surface area contributed by atoms with Crippen molar-refractivity contribution in [3.63, 3.8) is 0 Å². The lowest BCUT2D eigenvalue weighted by atomic mass is 9.76. The van der Waals surface area contributed by atoms with E-state index < -0.39 is 17.8 Å². The first-order chi connectivity index (χ1) is 25.2. The normalized spacial score (nSPS) is 16.4. The number of carboxylic acid groups (broad SMARTS) is 2. The number of methoxy groups -OCH3 is 2. The number of aromatic nitrogens is 3. The summed E-state index contributed by atoms with van der Waals surface area (Å²) in [5, 5.41) is 27.4. The van der Waals surface area contributed by atoms with E-state index in [1.54, 1.807) is 19.1 Å². The summed E-state index contributed by atoms with van der Waals surface area (Å²) in [6.07, 6.45) is 5.91. The number of rotatable bonds is 19. The van der Waals surface area contributed by atoms with Crippen molar-refractivity contribution < 1.29 is 43.2 Å². The Hall–Kier alpha value is -4.25. The summed E-state index contributed by atoms with van der Waals surface area (Å²) in [6, 6.07) is 4.47. The number of likely N-dealkylation sites (tertiary alicyclic amines) is 1. The van der Waals surface area contributed by atoms with Crippen molar-refractivity contribution >= 4 is 23.7 Å². The zero-order valence-electron chi connectivity index (χ0n) is 32.0. The average molecular weight is 746 g/mol. The quantitative estimate of drug-likeness (QED) is 0.139. The number of halogens is 1. The van der Waals surface area contributed by atoms with E-state index in [4.69, 9.17) is 24.4 Å². The van der Waals surface area contributed by atoms with E-state index in [1.165, 1.54) is 24.5 Å². The molecule has 0 saturated carbocycles. The maximum atomic E-state index is 14.3. The second-order valence-electron chi connectivity index (χ2n) is 14.1. The van der Waals surface area contributed by atoms with Gasteiger partial charge in [0.1, 0.15) is 17.9 Å². The lowest BCUT2D eigenvalue weighted by molar-refractivity contribution is -0.134. The van der Waals surface area contributed by atoms with Crippen LogP contribution in [0.5, 0.6) is 11.6 Å². The fraction of sp³-hybridized carbons (Fsp3) is 0.622. The largest absolute Gasteiger partial charge is 0.478 e. The summed E-state index contributed by atoms with van der Waals surface area (Å²) in [5.41, 5.74) is 0.341. The molecule has 3 heterocycles. The van der Waals surface area contributed by atoms with Gasteiger partial charge in [-0.3, -0.25) is 9.69 Å². The molecule has 2 saturated heterocycles. The van der Waals surface area contributed by atoms with Crippen LogP contribution in [0.15, 0.2) is 36.7 Å². The summed E-state index contributed by atoms with van der Waals surface area (Å²) in [4.78, 5) is 43.5. The molecule has 3 N–H and O–H groups in total. The molecule has 53 heavy (non-hydrogen) atoms. The van der Waals surface area contributed by atoms with Gasteiger partial charge in [0.2, 0.25) is 0 Å². The summed E-state index contributed by atoms with van der Waals surface area (Å²) in [5.74, 6) is -1.70. The monoisotopic (exact) mass is 745 g/mol. The van der Waals surface area contributed by atoms with Crippen LogP contribution in [0.25, 0.3) is 0 Å². The number of benzene rings is 1. The molecule has 2 aliphatic rings. The molecule has 0 bridgehead atoms. The number of hydrogen-bond acceptors (Lipinski definition) is 12. The van der Waals surface area contributed by atoms with Gasteiger partial charge in [-0.05, 0) is 70.7 Å². The van der Waals surface area contributed by atoms with Gasteiger partial charge in [0, 0.05) is 83.1 Å². The number of aliphatic carboxylic acids is 2. The van der Waals surface area contributed by atoms with Gasteiger partial charge in [-0.1, -0.05) is 13.8 Å². The second kappa shape index (κ2) is 20.8. The number of amides is 1. The Labute approximate surface area is 311 Å². The number of carbonyl (C=O) groups excluding carboxylic acids is 1. The van der Waals surface area contributed by atoms with Gasteiger partial charge in [-0.2, -0.15) is 0 Å². The summed E-state index contributed by atoms with van der Waals surface area (Å²) < 4.78 is 31.1. The smallest absolute Gasteiger partial charge is 0.328 e. The van der Waals surface area contributed by atoms with Crippen molar-refractivity contribution in [2.45, 2.75) is 72.1 Å². The van der Waals surface area contributed by atoms with Crippen molar-refractivity contribution in [3.05, 3.63) is 48.1 Å². The number of anilines is 1. The Morgan fingerprint density at radius 2 is 1.79 bits per heavy atom. The molecular weight excluding hydrogens is 689 g/mol. The third-order valence-electron chi connectivity index (χ3n) is 9.51. The zero-order valence-corrected chi connectivity index (χ0v) is 32.0. The third kappa shape index (κ3) is 12.7. The van der Waals surface area contributed by atoms with Crippen LogP contribution in [-0.2, 0) is 19.1 Å². The van der Waals surface area contributed by atoms with Gasteiger partial charge < -0.3 is 39.5 Å². The van der Waals surface area contributed by atoms with Gasteiger partial charge in [0.15, 0.2) is 5.82 Å². The van der Waals surface area contributed by atoms with Crippen LogP contribution in [-0.4, -0.2) is 138 Å². The minimum atomic E-state index is -1.26. The summed E-state index contributed by atoms with van der Waals surface area (Å²) >= 11 is 0. The van der Waals surface area contributed by atoms with Crippen LogP contribution in [0.2, 0.25) is 0 Å². The van der Waals surface area contributed by atoms with E-state index in [-0.39, 0.29) is 40.7 Å². The highest BCUT2D eigenvalue weighted by molar-refractivity contribution is 5.97. The van der Waals surface area contributed by atoms with Crippen LogP contribution in [0.4, 0.5) is 10.2 Å². The van der Waals surface area contributed by atoms with Crippen molar-refractivity contribution in [1.29, 1.82) is 0 Å². The fourth-order valence-electron chi connectivity index (χ4n) is 6.90. The van der Waals surface area contributed by atoms with E-state index in [0.717, 1.165) is 58.5 Å². The highest BCUT2D eigenvalue weighted by atomic mass is 19.1. The van der Waals surface area contributed by atoms with Gasteiger partial charge in [0.25, 0.3) is 11.8 Å². The van der Waals surface area contributed by atoms with Gasteiger partial charge in [0.05, 0.1) is 18.3 Å². The number of ether oxygens (including phenoxy) is 3. The molecule has 1 amide bonds. The Morgan fingerprint density at radius 3 is 2.38 bits per heavy atom. The van der Waals surface area contributed by atoms with Gasteiger partial charge >= 0.3 is 11.9 Å². The highest BCUT2D eigenvalue weighted by Crippen LogP contribution is 2.44. The predicted octanol–water partition coefficient (Wildman–Crippen LogP) is 3.95. The van der Waals surface area contributed by atoms with Crippen molar-refractivity contribution in [3.8, 4) is 11.6 Å². The molecule has 0 aliphatic carbocycles. The number of nitrogens with zero attached hydrogens (tertiary/aromatic N) is 6. The molecule has 4 rings (SSSR count). The molecule has 2 fully saturated rings. The van der Waals surface area contributed by atoms with E-state index in [0.29, 0.717) is 43.1 Å². The molecule has 16 heteroatoms. The summed E-state index contributed by atoms with van der Waals surface area (Å²) in [7, 11) is 3.42. The Bertz CT molecular complexity index is 1510. The van der Waals surface area contributed by atoms with Crippen molar-refractivity contribution in [1.82, 2.24) is 30.3 Å². The number of carboxylic acids is 2. The standard InChI is InChI=1S/C33H52FN7O4.C4H4O4/c1-8-41(24(4)5)32(42)27-16-25(34)11-12-29(27)45-31-30(36-22-37-38-31)39-15-13-33(19-39)20-40(21-33)28(23(2)3)10-9-14-35-17-26(44-7)18-43-6;5-3(6)1-2-4(7)8/h11-12,16,22-24,26,28,35H,8-10,13-15,17-21H2,1-7H3;1-2H,(H,5,6)(H,7,8)/b;2-1+/t26?,28-;/m1./s1. The van der Waals surface area contributed by atoms with Crippen molar-refractivity contribution in [2.24, 2.45) is 11.3 Å². The van der Waals surface area contributed by atoms with E-state index >= 15 is 0 Å². The third-order valence-corrected chi connectivity index (χ3v) is 9.51. The number of carbonyl (C=O) groups is 3. The molecule has 1 unspecified atom stereocenters. The molecule has 294 valence electrons. The van der Waals surface area contributed by atoms with E-state index in [1.807, 2.05) is 20.8 Å². The van der Waals surface area contributed by atoms with Crippen LogP contribution < -0.4 is 15.0 Å². The average Bonchev–Trinajstić information content (AvgIpc) is 3.55. The topological polar surface area (TPSA) is 180 Å². The molecule has 15 nitrogen and oxygen atoms in total. The maximum Gasteiger partial charge on any atom is 0.328 e. The van der Waals surface area contributed by atoms with Crippen LogP contribution in [0.1, 0.15) is 64.2 Å². The zero-order chi connectivity index (χ0) is 39.1. The second-order valence-corrected chi connectivity index (χ2v) is 14.1. The first-order valence-electron chi connectivity index (χ1n) is 18.1. The molecule has 2 aliphatic heterocycles. The summed E-state index contributed by atoms with van der Waals surface area (Å²) in [6.45, 7) is 17.0. The Morgan fingerprint density at radius 1 is 1.09 bits per heavy atom. The van der Waals surface area contributed by atoms with Crippen molar-refractivity contribution in [2.75, 3.05) is 71.5 Å². The molecule has 1 aromatic heterocycles. The van der Waals surface area contributed by atoms with Crippen LogP contribution in [0.3, 0.4) is 0 Å². The van der Waals surface area contributed by atoms with Gasteiger partial charge in [-0.15, -0.1) is 10.2 Å². The predicted molar refractivity (Wildman–Crippen MR) is 197 cm³/mol. The number of hydrogen-bond donors (Lipinski definition) is 3. The van der Waals surface area contributed by atoms with Gasteiger partial charge in [-0.25, -0.2) is 19.0 Å². The Balaban J connectivity index is 0.000000846. The molecule has 1 spiro atoms. The first kappa shape index (κ1) is 43.2. The Kier molecular flexibility index (Phi) is 17.0. The number of nitrogens with one attached hydrogen (secondary N) is 1. The first-order valence-corrected chi connectivity index (χ1v) is 18.1. The SMILES string of the molecule is CCN(C(=O)c1cc(F)ccc1Oc1nncnc1N1CCC2(C1)CN([C@H](CCCNCC(COC)OC)C(C)C)C2)C(C)C.O=C(O)/C=C/C(=O)O. The molecular formula is C37H56FN7O8. The fourth-order valence-corrected chi connectivity index (χ4v) is 6.90. The minimum absolute atomic E-state index is 0.0445. The lowest BCUT2D eigenvalue weighted by Gasteiger charge is -2.53. The maximum absolute atomic E-state index is 14.3. The molecule has 1 aromatic carbocycles. The van der Waals surface area contributed by atoms with Crippen LogP contribution >= 0.6 is 0 Å². The van der Waals surface area contributed by atoms with Crippen LogP contribution in [0, 0.1) is 17.2 Å². The molecule has 2 aromatic rings. The molecule has 0 radical (unpaired) electrons. The highest BCUT2D eigenvalue weighted by Gasteiger charge is 2.50. The lowest BCUT2D eigenvalue weighted by Crippen LogP contribution is -2.62. The van der Waals surface area contributed by atoms with E-state index in [9.17, 15) is 18.8 Å². The minimum Gasteiger partial charge on any atom is -0.478 e.